The van der Waals surface area contributed by atoms with Crippen molar-refractivity contribution in [3.8, 4) is 5.69 Å². The van der Waals surface area contributed by atoms with Gasteiger partial charge in [0.2, 0.25) is 11.1 Å². The lowest BCUT2D eigenvalue weighted by atomic mass is 10.3. The number of thioether (sulfide) groups is 1. The number of nitrogens with zero attached hydrogens (tertiary/aromatic N) is 5. The molecule has 0 unspecified atom stereocenters. The van der Waals surface area contributed by atoms with Gasteiger partial charge in [0.1, 0.15) is 5.82 Å². The number of amides is 1. The molecule has 1 amide bonds. The monoisotopic (exact) mass is 380 g/mol. The number of hydrogen-bond donors (Lipinski definition) is 1. The van der Waals surface area contributed by atoms with Crippen LogP contribution in [0, 0.1) is 0 Å². The van der Waals surface area contributed by atoms with Gasteiger partial charge >= 0.3 is 0 Å². The second-order valence-electron chi connectivity index (χ2n) is 4.55. The molecule has 0 fully saturated rings. The summed E-state index contributed by atoms with van der Waals surface area (Å²) < 4.78 is 1.54. The van der Waals surface area contributed by atoms with Crippen LogP contribution in [-0.4, -0.2) is 36.9 Å². The number of carbonyl (C=O) groups is 1. The van der Waals surface area contributed by atoms with Crippen molar-refractivity contribution in [2.24, 2.45) is 0 Å². The highest BCUT2D eigenvalue weighted by Gasteiger charge is 2.12. The van der Waals surface area contributed by atoms with Gasteiger partial charge in [-0.05, 0) is 46.8 Å². The molecular weight excluding hydrogens is 371 g/mol. The standard InChI is InChI=1S/C14H10Cl2N6OS/c15-9-1-4-11(5-2-9)22-14(19-20-21-22)24-8-13(23)18-12-6-3-10(16)7-17-12/h1-7H,8H2,(H,17,18,23). The average Bonchev–Trinajstić information content (AvgIpc) is 3.04. The van der Waals surface area contributed by atoms with Gasteiger partial charge in [-0.2, -0.15) is 4.68 Å². The molecular formula is C14H10Cl2N6OS. The summed E-state index contributed by atoms with van der Waals surface area (Å²) in [5.41, 5.74) is 0.756. The van der Waals surface area contributed by atoms with E-state index in [9.17, 15) is 4.79 Å². The first-order valence-electron chi connectivity index (χ1n) is 6.70. The van der Waals surface area contributed by atoms with Crippen LogP contribution in [-0.2, 0) is 4.79 Å². The van der Waals surface area contributed by atoms with Crippen LogP contribution in [0.2, 0.25) is 10.0 Å². The molecule has 0 saturated carbocycles. The topological polar surface area (TPSA) is 85.6 Å². The Labute approximate surface area is 151 Å². The minimum absolute atomic E-state index is 0.137. The van der Waals surface area contributed by atoms with Gasteiger partial charge in [0.25, 0.3) is 0 Å². The number of pyridine rings is 1. The van der Waals surface area contributed by atoms with E-state index in [0.29, 0.717) is 21.0 Å². The Morgan fingerprint density at radius 1 is 1.12 bits per heavy atom. The van der Waals surface area contributed by atoms with Crippen LogP contribution in [0.1, 0.15) is 0 Å². The maximum atomic E-state index is 12.0. The van der Waals surface area contributed by atoms with E-state index in [0.717, 1.165) is 5.69 Å². The van der Waals surface area contributed by atoms with E-state index in [1.807, 2.05) is 0 Å². The molecule has 2 heterocycles. The minimum atomic E-state index is -0.222. The first-order valence-corrected chi connectivity index (χ1v) is 8.44. The van der Waals surface area contributed by atoms with Gasteiger partial charge in [-0.1, -0.05) is 35.0 Å². The predicted octanol–water partition coefficient (Wildman–Crippen LogP) is 3.09. The largest absolute Gasteiger partial charge is 0.310 e. The van der Waals surface area contributed by atoms with Crippen LogP contribution in [0.4, 0.5) is 5.82 Å². The zero-order chi connectivity index (χ0) is 16.9. The van der Waals surface area contributed by atoms with Gasteiger partial charge in [-0.3, -0.25) is 4.79 Å². The van der Waals surface area contributed by atoms with E-state index in [2.05, 4.69) is 25.8 Å². The van der Waals surface area contributed by atoms with Crippen molar-refractivity contribution in [3.63, 3.8) is 0 Å². The van der Waals surface area contributed by atoms with Crippen molar-refractivity contribution in [1.82, 2.24) is 25.2 Å². The van der Waals surface area contributed by atoms with Crippen LogP contribution in [0.15, 0.2) is 47.8 Å². The first-order chi connectivity index (χ1) is 11.6. The summed E-state index contributed by atoms with van der Waals surface area (Å²) in [4.78, 5) is 16.0. The molecule has 1 N–H and O–H groups in total. The second-order valence-corrected chi connectivity index (χ2v) is 6.36. The van der Waals surface area contributed by atoms with E-state index >= 15 is 0 Å². The van der Waals surface area contributed by atoms with Crippen molar-refractivity contribution in [1.29, 1.82) is 0 Å². The molecule has 122 valence electrons. The molecule has 3 rings (SSSR count). The maximum absolute atomic E-state index is 12.0. The third-order valence-electron chi connectivity index (χ3n) is 2.84. The summed E-state index contributed by atoms with van der Waals surface area (Å²) in [6.07, 6.45) is 1.46. The quantitative estimate of drug-likeness (QED) is 0.684. The number of tetrazole rings is 1. The lowest BCUT2D eigenvalue weighted by Gasteiger charge is -2.05. The Balaban J connectivity index is 1.63. The molecule has 7 nitrogen and oxygen atoms in total. The van der Waals surface area contributed by atoms with Crippen LogP contribution in [0.3, 0.4) is 0 Å². The molecule has 0 aliphatic heterocycles. The third kappa shape index (κ3) is 4.22. The number of aromatic nitrogens is 5. The van der Waals surface area contributed by atoms with Gasteiger partial charge in [0.15, 0.2) is 0 Å². The summed E-state index contributed by atoms with van der Waals surface area (Å²) in [6.45, 7) is 0. The molecule has 0 aliphatic rings. The van der Waals surface area contributed by atoms with Gasteiger partial charge in [0, 0.05) is 11.2 Å². The Bertz CT molecular complexity index is 837. The number of anilines is 1. The summed E-state index contributed by atoms with van der Waals surface area (Å²) in [5.74, 6) is 0.348. The van der Waals surface area contributed by atoms with Gasteiger partial charge in [-0.25, -0.2) is 4.98 Å². The molecule has 0 aliphatic carbocycles. The summed E-state index contributed by atoms with van der Waals surface area (Å²) in [7, 11) is 0. The van der Waals surface area contributed by atoms with Crippen molar-refractivity contribution < 1.29 is 4.79 Å². The summed E-state index contributed by atoms with van der Waals surface area (Å²) in [6, 6.07) is 10.3. The van der Waals surface area contributed by atoms with E-state index in [1.165, 1.54) is 22.6 Å². The van der Waals surface area contributed by atoms with Crippen LogP contribution in [0.25, 0.3) is 5.69 Å². The van der Waals surface area contributed by atoms with E-state index in [1.54, 1.807) is 36.4 Å². The lowest BCUT2D eigenvalue weighted by Crippen LogP contribution is -2.15. The fourth-order valence-electron chi connectivity index (χ4n) is 1.77. The van der Waals surface area contributed by atoms with Crippen LogP contribution >= 0.6 is 35.0 Å². The van der Waals surface area contributed by atoms with Crippen LogP contribution < -0.4 is 5.32 Å². The number of benzene rings is 1. The number of hydrogen-bond acceptors (Lipinski definition) is 6. The zero-order valence-electron chi connectivity index (χ0n) is 12.1. The SMILES string of the molecule is O=C(CSc1nnnn1-c1ccc(Cl)cc1)Nc1ccc(Cl)cn1. The summed E-state index contributed by atoms with van der Waals surface area (Å²) in [5, 5.41) is 15.8. The predicted molar refractivity (Wildman–Crippen MR) is 92.8 cm³/mol. The fourth-order valence-corrected chi connectivity index (χ4v) is 2.70. The van der Waals surface area contributed by atoms with Crippen molar-refractivity contribution in [2.45, 2.75) is 5.16 Å². The highest BCUT2D eigenvalue weighted by atomic mass is 35.5. The van der Waals surface area contributed by atoms with Crippen molar-refractivity contribution in [2.75, 3.05) is 11.1 Å². The van der Waals surface area contributed by atoms with E-state index in [-0.39, 0.29) is 11.7 Å². The molecule has 1 aromatic carbocycles. The number of nitrogens with one attached hydrogen (secondary N) is 1. The maximum Gasteiger partial charge on any atom is 0.236 e. The highest BCUT2D eigenvalue weighted by Crippen LogP contribution is 2.20. The first kappa shape index (κ1) is 16.7. The number of rotatable bonds is 5. The molecule has 2 aromatic heterocycles. The molecule has 10 heteroatoms. The summed E-state index contributed by atoms with van der Waals surface area (Å²) >= 11 is 12.8. The molecule has 3 aromatic rings. The smallest absolute Gasteiger partial charge is 0.236 e. The molecule has 0 radical (unpaired) electrons. The molecule has 0 saturated heterocycles. The molecule has 0 bridgehead atoms. The fraction of sp³-hybridized carbons (Fsp3) is 0.0714. The second kappa shape index (κ2) is 7.61. The zero-order valence-corrected chi connectivity index (χ0v) is 14.4. The lowest BCUT2D eigenvalue weighted by molar-refractivity contribution is -0.113. The number of halogens is 2. The molecule has 0 spiro atoms. The Morgan fingerprint density at radius 3 is 2.58 bits per heavy atom. The van der Waals surface area contributed by atoms with E-state index in [4.69, 9.17) is 23.2 Å². The minimum Gasteiger partial charge on any atom is -0.310 e. The van der Waals surface area contributed by atoms with Crippen molar-refractivity contribution in [3.05, 3.63) is 52.6 Å². The number of carbonyl (C=O) groups excluding carboxylic acids is 1. The average molecular weight is 381 g/mol. The van der Waals surface area contributed by atoms with E-state index < -0.39 is 0 Å². The normalized spacial score (nSPS) is 10.6. The van der Waals surface area contributed by atoms with Crippen molar-refractivity contribution >= 4 is 46.7 Å². The third-order valence-corrected chi connectivity index (χ3v) is 4.23. The van der Waals surface area contributed by atoms with Gasteiger partial charge in [0.05, 0.1) is 16.5 Å². The Kier molecular flexibility index (Phi) is 5.29. The highest BCUT2D eigenvalue weighted by molar-refractivity contribution is 7.99. The molecule has 24 heavy (non-hydrogen) atoms. The van der Waals surface area contributed by atoms with Gasteiger partial charge in [-0.15, -0.1) is 5.10 Å². The Morgan fingerprint density at radius 2 is 1.88 bits per heavy atom. The van der Waals surface area contributed by atoms with Gasteiger partial charge < -0.3 is 5.32 Å². The Hall–Kier alpha value is -2.16. The molecule has 0 atom stereocenters. The van der Waals surface area contributed by atoms with Crippen LogP contribution in [0.5, 0.6) is 0 Å².